The van der Waals surface area contributed by atoms with Gasteiger partial charge in [-0.15, -0.1) is 0 Å². The van der Waals surface area contributed by atoms with E-state index in [-0.39, 0.29) is 0 Å². The van der Waals surface area contributed by atoms with Crippen LogP contribution in [0.25, 0.3) is 66.4 Å². The van der Waals surface area contributed by atoms with Gasteiger partial charge in [0, 0.05) is 35.3 Å². The SMILES string of the molecule is c1ccc(-c2ccc(-c3c4ccccc4c(-c4cccc(-c5ccccn5)c4)c4ccccc34)nc2)nc1. The fourth-order valence-electron chi connectivity index (χ4n) is 5.31. The predicted molar refractivity (Wildman–Crippen MR) is 157 cm³/mol. The number of benzene rings is 4. The van der Waals surface area contributed by atoms with Crippen molar-refractivity contribution in [2.75, 3.05) is 0 Å². The van der Waals surface area contributed by atoms with Crippen LogP contribution in [0.1, 0.15) is 0 Å². The standard InChI is InChI=1S/C35H23N3/c1-3-14-29-27(12-1)34(25-11-9-10-24(22-25)31-16-5-7-20-36-31)28-13-2-4-15-30(28)35(29)33-19-18-26(23-38-33)32-17-6-8-21-37-32/h1-23H. The third-order valence-corrected chi connectivity index (χ3v) is 7.02. The zero-order chi connectivity index (χ0) is 25.3. The Labute approximate surface area is 221 Å². The van der Waals surface area contributed by atoms with E-state index in [1.54, 1.807) is 0 Å². The van der Waals surface area contributed by atoms with Gasteiger partial charge in [-0.2, -0.15) is 0 Å². The fourth-order valence-corrected chi connectivity index (χ4v) is 5.31. The van der Waals surface area contributed by atoms with Crippen LogP contribution in [-0.4, -0.2) is 15.0 Å². The summed E-state index contributed by atoms with van der Waals surface area (Å²) in [6.07, 6.45) is 5.57. The summed E-state index contributed by atoms with van der Waals surface area (Å²) < 4.78 is 0. The molecule has 7 aromatic rings. The molecule has 0 atom stereocenters. The number of fused-ring (bicyclic) bond motifs is 2. The van der Waals surface area contributed by atoms with E-state index in [1.807, 2.05) is 48.9 Å². The Bertz CT molecular complexity index is 1840. The predicted octanol–water partition coefficient (Wildman–Crippen LogP) is 8.85. The van der Waals surface area contributed by atoms with E-state index in [4.69, 9.17) is 4.98 Å². The Morgan fingerprint density at radius 2 is 0.895 bits per heavy atom. The molecule has 3 aromatic heterocycles. The highest BCUT2D eigenvalue weighted by molar-refractivity contribution is 6.21. The average Bonchev–Trinajstić information content (AvgIpc) is 3.01. The van der Waals surface area contributed by atoms with Gasteiger partial charge in [-0.1, -0.05) is 78.9 Å². The second kappa shape index (κ2) is 9.38. The minimum atomic E-state index is 0.921. The van der Waals surface area contributed by atoms with Crippen molar-refractivity contribution < 1.29 is 0 Å². The lowest BCUT2D eigenvalue weighted by Gasteiger charge is -2.17. The molecule has 3 heteroatoms. The molecular weight excluding hydrogens is 462 g/mol. The van der Waals surface area contributed by atoms with Gasteiger partial charge < -0.3 is 0 Å². The van der Waals surface area contributed by atoms with Crippen LogP contribution in [0, 0.1) is 0 Å². The van der Waals surface area contributed by atoms with Crippen LogP contribution in [0.15, 0.2) is 140 Å². The highest BCUT2D eigenvalue weighted by Crippen LogP contribution is 2.43. The summed E-state index contributed by atoms with van der Waals surface area (Å²) in [5.41, 5.74) is 8.49. The number of aromatic nitrogens is 3. The van der Waals surface area contributed by atoms with Crippen LogP contribution in [-0.2, 0) is 0 Å². The van der Waals surface area contributed by atoms with E-state index in [9.17, 15) is 0 Å². The Balaban J connectivity index is 1.47. The molecule has 7 rings (SSSR count). The molecule has 0 aliphatic carbocycles. The molecule has 0 saturated heterocycles. The normalized spacial score (nSPS) is 11.2. The maximum atomic E-state index is 4.93. The minimum Gasteiger partial charge on any atom is -0.256 e. The smallest absolute Gasteiger partial charge is 0.0717 e. The minimum absolute atomic E-state index is 0.921. The van der Waals surface area contributed by atoms with Gasteiger partial charge in [0.25, 0.3) is 0 Å². The number of rotatable bonds is 4. The molecule has 0 aliphatic rings. The van der Waals surface area contributed by atoms with E-state index in [2.05, 4.69) is 101 Å². The van der Waals surface area contributed by atoms with Gasteiger partial charge in [-0.3, -0.25) is 15.0 Å². The molecule has 0 radical (unpaired) electrons. The summed E-state index contributed by atoms with van der Waals surface area (Å²) in [6.45, 7) is 0. The van der Waals surface area contributed by atoms with Crippen molar-refractivity contribution in [3.05, 3.63) is 140 Å². The average molecular weight is 486 g/mol. The summed E-state index contributed by atoms with van der Waals surface area (Å²) in [6, 6.07) is 42.2. The topological polar surface area (TPSA) is 38.7 Å². The van der Waals surface area contributed by atoms with Gasteiger partial charge in [0.15, 0.2) is 0 Å². The van der Waals surface area contributed by atoms with Gasteiger partial charge in [0.1, 0.15) is 0 Å². The van der Waals surface area contributed by atoms with Gasteiger partial charge in [0.05, 0.1) is 17.1 Å². The highest BCUT2D eigenvalue weighted by Gasteiger charge is 2.17. The molecule has 3 nitrogen and oxygen atoms in total. The summed E-state index contributed by atoms with van der Waals surface area (Å²) >= 11 is 0. The van der Waals surface area contributed by atoms with E-state index in [0.717, 1.165) is 33.8 Å². The molecule has 178 valence electrons. The lowest BCUT2D eigenvalue weighted by Crippen LogP contribution is -1.93. The second-order valence-electron chi connectivity index (χ2n) is 9.28. The molecular formula is C35H23N3. The van der Waals surface area contributed by atoms with Crippen LogP contribution < -0.4 is 0 Å². The first-order chi connectivity index (χ1) is 18.9. The maximum Gasteiger partial charge on any atom is 0.0717 e. The zero-order valence-electron chi connectivity index (χ0n) is 20.6. The van der Waals surface area contributed by atoms with Gasteiger partial charge >= 0.3 is 0 Å². The maximum absolute atomic E-state index is 4.93. The third kappa shape index (κ3) is 3.82. The largest absolute Gasteiger partial charge is 0.256 e. The molecule has 0 unspecified atom stereocenters. The van der Waals surface area contributed by atoms with Crippen LogP contribution in [0.3, 0.4) is 0 Å². The van der Waals surface area contributed by atoms with Crippen LogP contribution in [0.5, 0.6) is 0 Å². The van der Waals surface area contributed by atoms with Crippen molar-refractivity contribution in [1.82, 2.24) is 15.0 Å². The number of pyridine rings is 3. The zero-order valence-corrected chi connectivity index (χ0v) is 20.6. The first-order valence-corrected chi connectivity index (χ1v) is 12.7. The molecule has 0 saturated carbocycles. The first kappa shape index (κ1) is 22.1. The molecule has 38 heavy (non-hydrogen) atoms. The molecule has 0 bridgehead atoms. The molecule has 0 aliphatic heterocycles. The Morgan fingerprint density at radius 1 is 0.342 bits per heavy atom. The van der Waals surface area contributed by atoms with Crippen molar-refractivity contribution in [1.29, 1.82) is 0 Å². The van der Waals surface area contributed by atoms with Crippen molar-refractivity contribution in [3.8, 4) is 44.9 Å². The van der Waals surface area contributed by atoms with E-state index < -0.39 is 0 Å². The monoisotopic (exact) mass is 485 g/mol. The summed E-state index contributed by atoms with van der Waals surface area (Å²) in [7, 11) is 0. The summed E-state index contributed by atoms with van der Waals surface area (Å²) in [4.78, 5) is 14.0. The fraction of sp³-hybridized carbons (Fsp3) is 0. The van der Waals surface area contributed by atoms with Crippen molar-refractivity contribution in [2.24, 2.45) is 0 Å². The van der Waals surface area contributed by atoms with Gasteiger partial charge in [0.2, 0.25) is 0 Å². The number of hydrogen-bond acceptors (Lipinski definition) is 3. The van der Waals surface area contributed by atoms with Gasteiger partial charge in [-0.25, -0.2) is 0 Å². The van der Waals surface area contributed by atoms with E-state index >= 15 is 0 Å². The van der Waals surface area contributed by atoms with Gasteiger partial charge in [-0.05, 0) is 75.1 Å². The summed E-state index contributed by atoms with van der Waals surface area (Å²) in [5, 5.41) is 4.77. The number of nitrogens with zero attached hydrogens (tertiary/aromatic N) is 3. The Morgan fingerprint density at radius 3 is 1.45 bits per heavy atom. The lowest BCUT2D eigenvalue weighted by atomic mass is 9.86. The molecule has 3 heterocycles. The summed E-state index contributed by atoms with van der Waals surface area (Å²) in [5.74, 6) is 0. The molecule has 0 N–H and O–H groups in total. The van der Waals surface area contributed by atoms with E-state index in [0.29, 0.717) is 0 Å². The third-order valence-electron chi connectivity index (χ3n) is 7.02. The molecule has 0 fully saturated rings. The quantitative estimate of drug-likeness (QED) is 0.234. The number of hydrogen-bond donors (Lipinski definition) is 0. The lowest BCUT2D eigenvalue weighted by molar-refractivity contribution is 1.28. The Hall–Kier alpha value is -5.15. The van der Waals surface area contributed by atoms with Crippen molar-refractivity contribution in [2.45, 2.75) is 0 Å². The second-order valence-corrected chi connectivity index (χ2v) is 9.28. The molecule has 0 spiro atoms. The first-order valence-electron chi connectivity index (χ1n) is 12.7. The van der Waals surface area contributed by atoms with Crippen LogP contribution in [0.4, 0.5) is 0 Å². The van der Waals surface area contributed by atoms with Crippen molar-refractivity contribution >= 4 is 21.5 Å². The van der Waals surface area contributed by atoms with Crippen LogP contribution >= 0.6 is 0 Å². The molecule has 4 aromatic carbocycles. The Kier molecular flexibility index (Phi) is 5.45. The molecule has 0 amide bonds. The van der Waals surface area contributed by atoms with Crippen LogP contribution in [0.2, 0.25) is 0 Å². The highest BCUT2D eigenvalue weighted by atomic mass is 14.7. The van der Waals surface area contributed by atoms with Crippen molar-refractivity contribution in [3.63, 3.8) is 0 Å². The van der Waals surface area contributed by atoms with E-state index in [1.165, 1.54) is 32.7 Å².